The van der Waals surface area contributed by atoms with Crippen LogP contribution >= 0.6 is 11.3 Å². The Kier molecular flexibility index (Phi) is 5.85. The molecule has 0 fully saturated rings. The molecule has 0 aliphatic rings. The third-order valence-corrected chi connectivity index (χ3v) is 4.44. The molecule has 1 N–H and O–H groups in total. The van der Waals surface area contributed by atoms with Crippen molar-refractivity contribution >= 4 is 22.2 Å². The maximum absolute atomic E-state index is 11.0. The van der Waals surface area contributed by atoms with Gasteiger partial charge in [-0.3, -0.25) is 10.1 Å². The fraction of sp³-hybridized carbons (Fsp3) is 0.400. The van der Waals surface area contributed by atoms with Crippen LogP contribution in [-0.2, 0) is 13.1 Å². The van der Waals surface area contributed by atoms with Crippen molar-refractivity contribution in [2.24, 2.45) is 0 Å². The van der Waals surface area contributed by atoms with Crippen LogP contribution in [-0.4, -0.2) is 23.0 Å². The van der Waals surface area contributed by atoms with Crippen molar-refractivity contribution in [2.45, 2.75) is 26.9 Å². The number of nitrogens with one attached hydrogen (secondary N) is 1. The quantitative estimate of drug-likeness (QED) is 0.597. The van der Waals surface area contributed by atoms with Gasteiger partial charge in [-0.05, 0) is 13.8 Å². The highest BCUT2D eigenvalue weighted by atomic mass is 32.1. The number of benzene rings is 1. The Balaban J connectivity index is 1.93. The van der Waals surface area contributed by atoms with Crippen molar-refractivity contribution in [1.29, 1.82) is 0 Å². The average molecular weight is 320 g/mol. The first-order valence-corrected chi connectivity index (χ1v) is 8.10. The summed E-state index contributed by atoms with van der Waals surface area (Å²) in [6.45, 7) is 7.22. The maximum Gasteiger partial charge on any atom is 0.273 e. The summed E-state index contributed by atoms with van der Waals surface area (Å²) in [5.74, 6) is 0. The van der Waals surface area contributed by atoms with Gasteiger partial charge in [0.1, 0.15) is 0 Å². The number of anilines is 1. The maximum atomic E-state index is 11.0. The first-order chi connectivity index (χ1) is 10.7. The standard InChI is InChI=1S/C15H20N4O2S/c1-3-18(4-2)15-17-11-13(22-15)10-16-9-12-7-5-6-8-14(12)19(20)21/h5-8,11,16H,3-4,9-10H2,1-2H3. The van der Waals surface area contributed by atoms with E-state index in [-0.39, 0.29) is 10.6 Å². The smallest absolute Gasteiger partial charge is 0.273 e. The summed E-state index contributed by atoms with van der Waals surface area (Å²) < 4.78 is 0. The van der Waals surface area contributed by atoms with Gasteiger partial charge in [-0.2, -0.15) is 0 Å². The van der Waals surface area contributed by atoms with Gasteiger partial charge in [-0.25, -0.2) is 4.98 Å². The minimum atomic E-state index is -0.345. The molecule has 0 saturated carbocycles. The fourth-order valence-corrected chi connectivity index (χ4v) is 3.18. The zero-order chi connectivity index (χ0) is 15.9. The van der Waals surface area contributed by atoms with Crippen molar-refractivity contribution in [3.8, 4) is 0 Å². The highest BCUT2D eigenvalue weighted by molar-refractivity contribution is 7.15. The summed E-state index contributed by atoms with van der Waals surface area (Å²) in [5.41, 5.74) is 0.851. The topological polar surface area (TPSA) is 71.3 Å². The lowest BCUT2D eigenvalue weighted by Crippen LogP contribution is -2.21. The molecule has 2 aromatic rings. The van der Waals surface area contributed by atoms with Gasteiger partial charge in [0.05, 0.1) is 4.92 Å². The molecule has 0 radical (unpaired) electrons. The Labute approximate surface area is 134 Å². The molecule has 0 aliphatic heterocycles. The Morgan fingerprint density at radius 2 is 2.00 bits per heavy atom. The Hall–Kier alpha value is -1.99. The summed E-state index contributed by atoms with van der Waals surface area (Å²) in [6, 6.07) is 6.80. The Bertz CT molecular complexity index is 626. The van der Waals surface area contributed by atoms with Gasteiger partial charge < -0.3 is 10.2 Å². The molecule has 22 heavy (non-hydrogen) atoms. The second kappa shape index (κ2) is 7.86. The number of nitrogens with zero attached hydrogens (tertiary/aromatic N) is 3. The number of hydrogen-bond acceptors (Lipinski definition) is 6. The van der Waals surface area contributed by atoms with E-state index in [1.807, 2.05) is 12.3 Å². The third-order valence-electron chi connectivity index (χ3n) is 3.38. The van der Waals surface area contributed by atoms with Gasteiger partial charge in [0.25, 0.3) is 5.69 Å². The van der Waals surface area contributed by atoms with Gasteiger partial charge in [0.2, 0.25) is 0 Å². The fourth-order valence-electron chi connectivity index (χ4n) is 2.18. The van der Waals surface area contributed by atoms with E-state index < -0.39 is 0 Å². The first-order valence-electron chi connectivity index (χ1n) is 7.28. The highest BCUT2D eigenvalue weighted by Gasteiger charge is 2.12. The van der Waals surface area contributed by atoms with E-state index in [0.717, 1.165) is 23.1 Å². The van der Waals surface area contributed by atoms with Crippen LogP contribution in [0.1, 0.15) is 24.3 Å². The average Bonchev–Trinajstić information content (AvgIpc) is 2.97. The number of rotatable bonds is 8. The molecule has 0 saturated heterocycles. The molecule has 2 rings (SSSR count). The first kappa shape index (κ1) is 16.4. The lowest BCUT2D eigenvalue weighted by molar-refractivity contribution is -0.385. The third kappa shape index (κ3) is 4.02. The number of nitro benzene ring substituents is 1. The minimum Gasteiger partial charge on any atom is -0.349 e. The molecule has 6 nitrogen and oxygen atoms in total. The molecule has 0 amide bonds. The molecular weight excluding hydrogens is 300 g/mol. The van der Waals surface area contributed by atoms with Crippen LogP contribution in [0.25, 0.3) is 0 Å². The molecule has 1 heterocycles. The van der Waals surface area contributed by atoms with Gasteiger partial charge in [0, 0.05) is 48.9 Å². The minimum absolute atomic E-state index is 0.156. The van der Waals surface area contributed by atoms with Gasteiger partial charge in [-0.15, -0.1) is 11.3 Å². The zero-order valence-electron chi connectivity index (χ0n) is 12.8. The summed E-state index contributed by atoms with van der Waals surface area (Å²) in [7, 11) is 0. The monoisotopic (exact) mass is 320 g/mol. The van der Waals surface area contributed by atoms with Gasteiger partial charge in [0.15, 0.2) is 5.13 Å². The molecule has 7 heteroatoms. The Morgan fingerprint density at radius 3 is 2.68 bits per heavy atom. The number of thiazole rings is 1. The summed E-state index contributed by atoms with van der Waals surface area (Å²) in [4.78, 5) is 18.4. The molecule has 118 valence electrons. The second-order valence-corrected chi connectivity index (χ2v) is 5.86. The predicted molar refractivity (Wildman–Crippen MR) is 89.3 cm³/mol. The van der Waals surface area contributed by atoms with Crippen molar-refractivity contribution in [2.75, 3.05) is 18.0 Å². The number of aromatic nitrogens is 1. The molecule has 0 spiro atoms. The van der Waals surface area contributed by atoms with E-state index in [4.69, 9.17) is 0 Å². The Morgan fingerprint density at radius 1 is 1.27 bits per heavy atom. The van der Waals surface area contributed by atoms with Crippen molar-refractivity contribution in [3.63, 3.8) is 0 Å². The van der Waals surface area contributed by atoms with Crippen LogP contribution in [0.5, 0.6) is 0 Å². The lowest BCUT2D eigenvalue weighted by atomic mass is 10.2. The van der Waals surface area contributed by atoms with Crippen LogP contribution < -0.4 is 10.2 Å². The summed E-state index contributed by atoms with van der Waals surface area (Å²) in [6.07, 6.45) is 1.87. The van der Waals surface area contributed by atoms with Crippen molar-refractivity contribution in [3.05, 3.63) is 51.0 Å². The van der Waals surface area contributed by atoms with Gasteiger partial charge in [-0.1, -0.05) is 18.2 Å². The summed E-state index contributed by atoms with van der Waals surface area (Å²) >= 11 is 1.65. The van der Waals surface area contributed by atoms with E-state index in [1.54, 1.807) is 23.5 Å². The van der Waals surface area contributed by atoms with Crippen LogP contribution in [0.4, 0.5) is 10.8 Å². The number of hydrogen-bond donors (Lipinski definition) is 1. The molecule has 1 aromatic heterocycles. The lowest BCUT2D eigenvalue weighted by Gasteiger charge is -2.16. The van der Waals surface area contributed by atoms with Crippen molar-refractivity contribution < 1.29 is 4.92 Å². The van der Waals surface area contributed by atoms with Crippen LogP contribution in [0, 0.1) is 10.1 Å². The van der Waals surface area contributed by atoms with Crippen LogP contribution in [0.3, 0.4) is 0 Å². The van der Waals surface area contributed by atoms with E-state index in [2.05, 4.69) is 29.0 Å². The largest absolute Gasteiger partial charge is 0.349 e. The molecule has 0 unspecified atom stereocenters. The molecule has 0 bridgehead atoms. The molecule has 0 aliphatic carbocycles. The van der Waals surface area contributed by atoms with Crippen LogP contribution in [0.2, 0.25) is 0 Å². The molecule has 1 aromatic carbocycles. The van der Waals surface area contributed by atoms with E-state index >= 15 is 0 Å². The van der Waals surface area contributed by atoms with E-state index in [9.17, 15) is 10.1 Å². The number of para-hydroxylation sites is 1. The molecule has 0 atom stereocenters. The normalized spacial score (nSPS) is 10.6. The summed E-state index contributed by atoms with van der Waals surface area (Å²) in [5, 5.41) is 15.2. The van der Waals surface area contributed by atoms with E-state index in [1.165, 1.54) is 6.07 Å². The SMILES string of the molecule is CCN(CC)c1ncc(CNCc2ccccc2[N+](=O)[O-])s1. The predicted octanol–water partition coefficient (Wildman–Crippen LogP) is 3.19. The van der Waals surface area contributed by atoms with Crippen molar-refractivity contribution in [1.82, 2.24) is 10.3 Å². The zero-order valence-corrected chi connectivity index (χ0v) is 13.6. The number of nitro groups is 1. The molecular formula is C15H20N4O2S. The van der Waals surface area contributed by atoms with E-state index in [0.29, 0.717) is 18.7 Å². The highest BCUT2D eigenvalue weighted by Crippen LogP contribution is 2.22. The van der Waals surface area contributed by atoms with Gasteiger partial charge >= 0.3 is 0 Å². The van der Waals surface area contributed by atoms with Crippen LogP contribution in [0.15, 0.2) is 30.5 Å². The second-order valence-electron chi connectivity index (χ2n) is 4.77.